The molecule has 3 N–H and O–H groups in total. The molecule has 1 aromatic rings. The number of amides is 2. The molecule has 5 nitrogen and oxygen atoms in total. The van der Waals surface area contributed by atoms with Gasteiger partial charge in [0, 0.05) is 6.20 Å². The Labute approximate surface area is 124 Å². The Morgan fingerprint density at radius 3 is 2.65 bits per heavy atom. The van der Waals surface area contributed by atoms with Crippen LogP contribution in [0.15, 0.2) is 18.3 Å². The second-order valence-corrected chi connectivity index (χ2v) is 6.38. The summed E-state index contributed by atoms with van der Waals surface area (Å²) in [6.07, 6.45) is 2.24. The van der Waals surface area contributed by atoms with Crippen LogP contribution in [-0.2, 0) is 6.54 Å². The molecule has 0 aromatic carbocycles. The first-order chi connectivity index (χ1) is 9.30. The van der Waals surface area contributed by atoms with Crippen molar-refractivity contribution < 1.29 is 9.90 Å². The smallest absolute Gasteiger partial charge is 0.315 e. The quantitative estimate of drug-likeness (QED) is 0.781. The van der Waals surface area contributed by atoms with Crippen LogP contribution in [0.5, 0.6) is 0 Å². The Bertz CT molecular complexity index is 429. The third-order valence-corrected chi connectivity index (χ3v) is 2.86. The van der Waals surface area contributed by atoms with E-state index in [1.54, 1.807) is 12.1 Å². The third kappa shape index (κ3) is 6.73. The molecular formula is C14H22ClN3O2. The molecule has 2 amide bonds. The van der Waals surface area contributed by atoms with Gasteiger partial charge in [0.05, 0.1) is 29.9 Å². The minimum Gasteiger partial charge on any atom is -0.394 e. The first-order valence-corrected chi connectivity index (χ1v) is 6.93. The molecule has 0 aliphatic rings. The second-order valence-electron chi connectivity index (χ2n) is 5.94. The van der Waals surface area contributed by atoms with Crippen molar-refractivity contribution >= 4 is 17.6 Å². The van der Waals surface area contributed by atoms with Gasteiger partial charge in [0.25, 0.3) is 0 Å². The van der Waals surface area contributed by atoms with Gasteiger partial charge in [-0.3, -0.25) is 4.98 Å². The van der Waals surface area contributed by atoms with Crippen LogP contribution in [0.4, 0.5) is 4.79 Å². The van der Waals surface area contributed by atoms with E-state index in [1.165, 1.54) is 6.20 Å². The Morgan fingerprint density at radius 2 is 2.15 bits per heavy atom. The fourth-order valence-corrected chi connectivity index (χ4v) is 1.93. The van der Waals surface area contributed by atoms with Gasteiger partial charge in [-0.25, -0.2) is 4.79 Å². The molecule has 112 valence electrons. The standard InChI is InChI=1S/C14H22ClN3O2/c1-14(2,3)6-12(9-19)18-13(20)17-8-11-5-4-10(15)7-16-11/h4-5,7,12,19H,6,8-9H2,1-3H3,(H2,17,18,20). The monoisotopic (exact) mass is 299 g/mol. The zero-order valence-corrected chi connectivity index (χ0v) is 12.9. The third-order valence-electron chi connectivity index (χ3n) is 2.63. The molecule has 0 aliphatic carbocycles. The lowest BCUT2D eigenvalue weighted by atomic mass is 9.88. The maximum absolute atomic E-state index is 11.8. The highest BCUT2D eigenvalue weighted by molar-refractivity contribution is 6.30. The first kappa shape index (κ1) is 16.7. The van der Waals surface area contributed by atoms with Crippen LogP contribution in [0.2, 0.25) is 5.02 Å². The predicted octanol–water partition coefficient (Wildman–Crippen LogP) is 2.33. The van der Waals surface area contributed by atoms with E-state index in [1.807, 2.05) is 0 Å². The maximum atomic E-state index is 11.8. The molecule has 0 bridgehead atoms. The fraction of sp³-hybridized carbons (Fsp3) is 0.571. The van der Waals surface area contributed by atoms with Crippen LogP contribution in [-0.4, -0.2) is 28.8 Å². The van der Waals surface area contributed by atoms with Crippen LogP contribution in [0, 0.1) is 5.41 Å². The van der Waals surface area contributed by atoms with Crippen LogP contribution < -0.4 is 10.6 Å². The van der Waals surface area contributed by atoms with Crippen molar-refractivity contribution in [2.24, 2.45) is 5.41 Å². The number of halogens is 1. The summed E-state index contributed by atoms with van der Waals surface area (Å²) < 4.78 is 0. The van der Waals surface area contributed by atoms with Crippen molar-refractivity contribution in [3.63, 3.8) is 0 Å². The molecule has 1 aromatic heterocycles. The average molecular weight is 300 g/mol. The summed E-state index contributed by atoms with van der Waals surface area (Å²) in [6.45, 7) is 6.42. The van der Waals surface area contributed by atoms with E-state index in [0.717, 1.165) is 5.69 Å². The summed E-state index contributed by atoms with van der Waals surface area (Å²) in [5.41, 5.74) is 0.763. The van der Waals surface area contributed by atoms with Gasteiger partial charge in [-0.2, -0.15) is 0 Å². The summed E-state index contributed by atoms with van der Waals surface area (Å²) in [6, 6.07) is 2.90. The number of urea groups is 1. The largest absolute Gasteiger partial charge is 0.394 e. The van der Waals surface area contributed by atoms with E-state index >= 15 is 0 Å². The minimum absolute atomic E-state index is 0.0401. The lowest BCUT2D eigenvalue weighted by Gasteiger charge is -2.25. The SMILES string of the molecule is CC(C)(C)CC(CO)NC(=O)NCc1ccc(Cl)cn1. The Hall–Kier alpha value is -1.33. The number of carbonyl (C=O) groups excluding carboxylic acids is 1. The zero-order chi connectivity index (χ0) is 15.2. The number of carbonyl (C=O) groups is 1. The molecule has 0 spiro atoms. The number of aromatic nitrogens is 1. The van der Waals surface area contributed by atoms with Crippen LogP contribution in [0.25, 0.3) is 0 Å². The molecule has 1 unspecified atom stereocenters. The van der Waals surface area contributed by atoms with Crippen molar-refractivity contribution in [1.82, 2.24) is 15.6 Å². The Balaban J connectivity index is 2.40. The highest BCUT2D eigenvalue weighted by atomic mass is 35.5. The summed E-state index contributed by atoms with van der Waals surface area (Å²) in [7, 11) is 0. The molecule has 0 saturated heterocycles. The number of nitrogens with one attached hydrogen (secondary N) is 2. The number of aliphatic hydroxyl groups is 1. The molecule has 1 heterocycles. The zero-order valence-electron chi connectivity index (χ0n) is 12.1. The number of nitrogens with zero attached hydrogens (tertiary/aromatic N) is 1. The number of aliphatic hydroxyl groups excluding tert-OH is 1. The number of rotatable bonds is 5. The highest BCUT2D eigenvalue weighted by Crippen LogP contribution is 2.20. The highest BCUT2D eigenvalue weighted by Gasteiger charge is 2.19. The molecule has 6 heteroatoms. The van der Waals surface area contributed by atoms with Crippen LogP contribution in [0.3, 0.4) is 0 Å². The second kappa shape index (κ2) is 7.45. The molecule has 1 rings (SSSR count). The lowest BCUT2D eigenvalue weighted by Crippen LogP contribution is -2.45. The molecule has 1 atom stereocenters. The lowest BCUT2D eigenvalue weighted by molar-refractivity contribution is 0.190. The Kier molecular flexibility index (Phi) is 6.23. The predicted molar refractivity (Wildman–Crippen MR) is 79.6 cm³/mol. The van der Waals surface area contributed by atoms with E-state index in [0.29, 0.717) is 18.0 Å². The van der Waals surface area contributed by atoms with E-state index in [-0.39, 0.29) is 24.1 Å². The van der Waals surface area contributed by atoms with Crippen molar-refractivity contribution in [3.05, 3.63) is 29.0 Å². The molecule has 0 saturated carbocycles. The van der Waals surface area contributed by atoms with Gasteiger partial charge in [0.2, 0.25) is 0 Å². The fourth-order valence-electron chi connectivity index (χ4n) is 1.82. The average Bonchev–Trinajstić information content (AvgIpc) is 2.35. The van der Waals surface area contributed by atoms with E-state index in [4.69, 9.17) is 11.6 Å². The van der Waals surface area contributed by atoms with Crippen LogP contribution >= 0.6 is 11.6 Å². The number of pyridine rings is 1. The maximum Gasteiger partial charge on any atom is 0.315 e. The normalized spacial score (nSPS) is 12.8. The summed E-state index contributed by atoms with van der Waals surface area (Å²) in [5.74, 6) is 0. The summed E-state index contributed by atoms with van der Waals surface area (Å²) in [5, 5.41) is 15.3. The van der Waals surface area contributed by atoms with Gasteiger partial charge in [-0.15, -0.1) is 0 Å². The van der Waals surface area contributed by atoms with Crippen LogP contribution in [0.1, 0.15) is 32.9 Å². The molecule has 0 aliphatic heterocycles. The van der Waals surface area contributed by atoms with Crippen molar-refractivity contribution in [1.29, 1.82) is 0 Å². The van der Waals surface area contributed by atoms with Gasteiger partial charge < -0.3 is 15.7 Å². The number of hydrogen-bond donors (Lipinski definition) is 3. The van der Waals surface area contributed by atoms with Crippen molar-refractivity contribution in [3.8, 4) is 0 Å². The van der Waals surface area contributed by atoms with E-state index < -0.39 is 0 Å². The van der Waals surface area contributed by atoms with E-state index in [9.17, 15) is 9.90 Å². The number of hydrogen-bond acceptors (Lipinski definition) is 3. The first-order valence-electron chi connectivity index (χ1n) is 6.56. The van der Waals surface area contributed by atoms with Crippen molar-refractivity contribution in [2.75, 3.05) is 6.61 Å². The molecule has 0 radical (unpaired) electrons. The van der Waals surface area contributed by atoms with Gasteiger partial charge in [-0.1, -0.05) is 32.4 Å². The molecule has 0 fully saturated rings. The van der Waals surface area contributed by atoms with Gasteiger partial charge in [0.15, 0.2) is 0 Å². The van der Waals surface area contributed by atoms with Gasteiger partial charge in [0.1, 0.15) is 0 Å². The van der Waals surface area contributed by atoms with E-state index in [2.05, 4.69) is 36.4 Å². The summed E-state index contributed by atoms with van der Waals surface area (Å²) >= 11 is 5.73. The topological polar surface area (TPSA) is 74.2 Å². The molecule has 20 heavy (non-hydrogen) atoms. The van der Waals surface area contributed by atoms with Gasteiger partial charge in [-0.05, 0) is 24.0 Å². The van der Waals surface area contributed by atoms with Crippen molar-refractivity contribution in [2.45, 2.75) is 39.8 Å². The summed E-state index contributed by atoms with van der Waals surface area (Å²) in [4.78, 5) is 15.8. The Morgan fingerprint density at radius 1 is 1.45 bits per heavy atom. The van der Waals surface area contributed by atoms with Gasteiger partial charge >= 0.3 is 6.03 Å². The minimum atomic E-state index is -0.315. The molecular weight excluding hydrogens is 278 g/mol.